The Hall–Kier alpha value is -2.27. The van der Waals surface area contributed by atoms with Crippen molar-refractivity contribution in [3.63, 3.8) is 0 Å². The maximum Gasteiger partial charge on any atom is 0.274 e. The largest absolute Gasteiger partial charge is 0.330 e. The first-order chi connectivity index (χ1) is 11.3. The molecule has 1 N–H and O–H groups in total. The van der Waals surface area contributed by atoms with Crippen LogP contribution >= 0.6 is 0 Å². The summed E-state index contributed by atoms with van der Waals surface area (Å²) in [7, 11) is 0. The molecule has 2 saturated heterocycles. The van der Waals surface area contributed by atoms with Crippen molar-refractivity contribution in [3.8, 4) is 0 Å². The van der Waals surface area contributed by atoms with Crippen molar-refractivity contribution >= 4 is 5.91 Å². The van der Waals surface area contributed by atoms with Crippen LogP contribution in [0, 0.1) is 18.8 Å². The number of amides is 1. The van der Waals surface area contributed by atoms with Crippen molar-refractivity contribution in [2.24, 2.45) is 11.8 Å². The summed E-state index contributed by atoms with van der Waals surface area (Å²) in [5.41, 5.74) is 2.92. The van der Waals surface area contributed by atoms with Crippen molar-refractivity contribution in [2.45, 2.75) is 13.0 Å². The van der Waals surface area contributed by atoms with E-state index in [-0.39, 0.29) is 11.9 Å². The smallest absolute Gasteiger partial charge is 0.274 e. The molecule has 0 unspecified atom stereocenters. The fourth-order valence-corrected chi connectivity index (χ4v) is 4.01. The summed E-state index contributed by atoms with van der Waals surface area (Å²) in [5.74, 6) is 0.970. The number of nitrogens with zero attached hydrogens (tertiary/aromatic N) is 3. The van der Waals surface area contributed by atoms with E-state index in [1.807, 2.05) is 11.0 Å². The third-order valence-electron chi connectivity index (χ3n) is 5.12. The minimum absolute atomic E-state index is 0.0132. The van der Waals surface area contributed by atoms with Crippen molar-refractivity contribution in [1.82, 2.24) is 20.4 Å². The van der Waals surface area contributed by atoms with Crippen LogP contribution in [0.25, 0.3) is 0 Å². The highest BCUT2D eigenvalue weighted by Gasteiger charge is 2.47. The number of rotatable bonds is 2. The predicted octanol–water partition coefficient (Wildman–Crippen LogP) is 1.82. The average molecular weight is 308 g/mol. The number of hydrogen-bond acceptors (Lipinski definition) is 4. The number of aromatic nitrogens is 2. The summed E-state index contributed by atoms with van der Waals surface area (Å²) in [4.78, 5) is 15.0. The molecule has 1 aromatic heterocycles. The van der Waals surface area contributed by atoms with Crippen molar-refractivity contribution in [3.05, 3.63) is 59.4 Å². The molecule has 2 aromatic rings. The van der Waals surface area contributed by atoms with Gasteiger partial charge in [-0.05, 0) is 36.1 Å². The topological polar surface area (TPSA) is 58.1 Å². The Morgan fingerprint density at radius 2 is 2.09 bits per heavy atom. The zero-order valence-electron chi connectivity index (χ0n) is 13.1. The normalized spacial score (nSPS) is 26.3. The molecule has 2 aliphatic rings. The Labute approximate surface area is 135 Å². The third-order valence-corrected chi connectivity index (χ3v) is 5.12. The number of nitrogens with one attached hydrogen (secondary N) is 1. The first-order valence-electron chi connectivity index (χ1n) is 8.10. The Morgan fingerprint density at radius 3 is 2.87 bits per heavy atom. The van der Waals surface area contributed by atoms with Gasteiger partial charge >= 0.3 is 0 Å². The molecule has 5 heteroatoms. The predicted molar refractivity (Wildman–Crippen MR) is 86.8 cm³/mol. The van der Waals surface area contributed by atoms with Gasteiger partial charge in [0.2, 0.25) is 0 Å². The zero-order chi connectivity index (χ0) is 15.8. The quantitative estimate of drug-likeness (QED) is 0.919. The number of aryl methyl sites for hydroxylation is 1. The van der Waals surface area contributed by atoms with E-state index in [2.05, 4.69) is 40.6 Å². The molecule has 0 saturated carbocycles. The van der Waals surface area contributed by atoms with E-state index in [0.717, 1.165) is 19.6 Å². The van der Waals surface area contributed by atoms with Gasteiger partial charge in [-0.2, -0.15) is 5.10 Å². The maximum absolute atomic E-state index is 13.0. The van der Waals surface area contributed by atoms with Crippen LogP contribution in [0.1, 0.15) is 27.7 Å². The maximum atomic E-state index is 13.0. The lowest BCUT2D eigenvalue weighted by atomic mass is 9.87. The lowest BCUT2D eigenvalue weighted by Gasteiger charge is -2.29. The molecule has 1 amide bonds. The fourth-order valence-electron chi connectivity index (χ4n) is 4.01. The van der Waals surface area contributed by atoms with Gasteiger partial charge in [0.1, 0.15) is 0 Å². The number of carbonyl (C=O) groups excluding carboxylic acids is 1. The second-order valence-electron chi connectivity index (χ2n) is 6.45. The molecule has 118 valence electrons. The van der Waals surface area contributed by atoms with Crippen molar-refractivity contribution in [1.29, 1.82) is 0 Å². The van der Waals surface area contributed by atoms with Gasteiger partial charge in [-0.1, -0.05) is 24.3 Å². The Morgan fingerprint density at radius 1 is 1.22 bits per heavy atom. The van der Waals surface area contributed by atoms with Crippen molar-refractivity contribution < 1.29 is 4.79 Å². The van der Waals surface area contributed by atoms with Gasteiger partial charge in [0.05, 0.1) is 6.04 Å². The van der Waals surface area contributed by atoms with Gasteiger partial charge in [-0.3, -0.25) is 4.79 Å². The molecular formula is C18H20N4O. The molecule has 4 rings (SSSR count). The van der Waals surface area contributed by atoms with Gasteiger partial charge in [0, 0.05) is 31.7 Å². The molecule has 5 nitrogen and oxygen atoms in total. The number of carbonyl (C=O) groups is 1. The highest BCUT2D eigenvalue weighted by molar-refractivity contribution is 5.92. The Balaban J connectivity index is 1.73. The summed E-state index contributed by atoms with van der Waals surface area (Å²) < 4.78 is 0. The monoisotopic (exact) mass is 308 g/mol. The lowest BCUT2D eigenvalue weighted by Crippen LogP contribution is -2.35. The van der Waals surface area contributed by atoms with Crippen molar-refractivity contribution in [2.75, 3.05) is 19.6 Å². The fraction of sp³-hybridized carbons (Fsp3) is 0.389. The van der Waals surface area contributed by atoms with E-state index in [1.54, 1.807) is 18.3 Å². The minimum atomic E-state index is -0.0132. The average Bonchev–Trinajstić information content (AvgIpc) is 3.17. The first kappa shape index (κ1) is 14.3. The lowest BCUT2D eigenvalue weighted by molar-refractivity contribution is 0.0706. The number of benzene rings is 1. The van der Waals surface area contributed by atoms with Crippen LogP contribution in [0.15, 0.2) is 42.6 Å². The molecule has 1 aromatic carbocycles. The SMILES string of the molecule is Cc1ccccc1[C@@H]1[C@H]2CNC[C@H]2CN1C(=O)c1cccnn1. The molecular weight excluding hydrogens is 288 g/mol. The van der Waals surface area contributed by atoms with E-state index >= 15 is 0 Å². The zero-order valence-corrected chi connectivity index (χ0v) is 13.1. The second-order valence-corrected chi connectivity index (χ2v) is 6.45. The number of fused-ring (bicyclic) bond motifs is 1. The molecule has 0 radical (unpaired) electrons. The third kappa shape index (κ3) is 2.41. The van der Waals surface area contributed by atoms with Crippen LogP contribution in [0.2, 0.25) is 0 Å². The molecule has 0 bridgehead atoms. The van der Waals surface area contributed by atoms with Gasteiger partial charge in [0.25, 0.3) is 5.91 Å². The summed E-state index contributed by atoms with van der Waals surface area (Å²) in [6.45, 7) is 4.85. The summed E-state index contributed by atoms with van der Waals surface area (Å²) >= 11 is 0. The number of hydrogen-bond donors (Lipinski definition) is 1. The van der Waals surface area contributed by atoms with Crippen LogP contribution in [-0.4, -0.2) is 40.6 Å². The van der Waals surface area contributed by atoms with E-state index in [0.29, 0.717) is 17.5 Å². The summed E-state index contributed by atoms with van der Waals surface area (Å²) in [5, 5.41) is 11.3. The van der Waals surface area contributed by atoms with E-state index in [1.165, 1.54) is 11.1 Å². The molecule has 2 aliphatic heterocycles. The Kier molecular flexibility index (Phi) is 3.58. The summed E-state index contributed by atoms with van der Waals surface area (Å²) in [6, 6.07) is 12.0. The molecule has 2 fully saturated rings. The molecule has 0 aliphatic carbocycles. The molecule has 0 spiro atoms. The van der Waals surface area contributed by atoms with Crippen LogP contribution in [0.5, 0.6) is 0 Å². The first-order valence-corrected chi connectivity index (χ1v) is 8.10. The highest BCUT2D eigenvalue weighted by Crippen LogP contribution is 2.43. The van der Waals surface area contributed by atoms with E-state index in [9.17, 15) is 4.79 Å². The number of likely N-dealkylation sites (tertiary alicyclic amines) is 1. The Bertz CT molecular complexity index is 718. The molecule has 3 atom stereocenters. The van der Waals surface area contributed by atoms with Gasteiger partial charge < -0.3 is 10.2 Å². The van der Waals surface area contributed by atoms with Gasteiger partial charge in [0.15, 0.2) is 5.69 Å². The van der Waals surface area contributed by atoms with Crippen LogP contribution in [0.3, 0.4) is 0 Å². The summed E-state index contributed by atoms with van der Waals surface area (Å²) in [6.07, 6.45) is 1.60. The molecule has 3 heterocycles. The van der Waals surface area contributed by atoms with Crippen LogP contribution in [0.4, 0.5) is 0 Å². The van der Waals surface area contributed by atoms with Crippen LogP contribution < -0.4 is 5.32 Å². The van der Waals surface area contributed by atoms with Crippen LogP contribution in [-0.2, 0) is 0 Å². The minimum Gasteiger partial charge on any atom is -0.330 e. The van der Waals surface area contributed by atoms with E-state index < -0.39 is 0 Å². The van der Waals surface area contributed by atoms with E-state index in [4.69, 9.17) is 0 Å². The second kappa shape index (κ2) is 5.74. The molecule has 23 heavy (non-hydrogen) atoms. The van der Waals surface area contributed by atoms with Gasteiger partial charge in [-0.25, -0.2) is 0 Å². The highest BCUT2D eigenvalue weighted by atomic mass is 16.2. The standard InChI is InChI=1S/C18H20N4O/c1-12-5-2-3-6-14(12)17-15-10-19-9-13(15)11-22(17)18(23)16-7-4-8-20-21-16/h2-8,13,15,17,19H,9-11H2,1H3/t13-,15-,17+/m0/s1. The van der Waals surface area contributed by atoms with Gasteiger partial charge in [-0.15, -0.1) is 5.10 Å².